The Labute approximate surface area is 102 Å². The summed E-state index contributed by atoms with van der Waals surface area (Å²) in [6.45, 7) is 1.85. The quantitative estimate of drug-likeness (QED) is 0.839. The molecule has 1 aliphatic rings. The van der Waals surface area contributed by atoms with Gasteiger partial charge in [0.1, 0.15) is 5.75 Å². The van der Waals surface area contributed by atoms with Crippen molar-refractivity contribution in [1.82, 2.24) is 10.2 Å². The van der Waals surface area contributed by atoms with Gasteiger partial charge in [0.25, 0.3) is 0 Å². The van der Waals surface area contributed by atoms with Gasteiger partial charge in [0.15, 0.2) is 0 Å². The molecule has 0 aliphatic carbocycles. The number of carbonyl (C=O) groups excluding carboxylic acids is 1. The Bertz CT molecular complexity index is 404. The van der Waals surface area contributed by atoms with Crippen molar-refractivity contribution < 1.29 is 9.53 Å². The molecule has 0 saturated carbocycles. The van der Waals surface area contributed by atoms with Crippen LogP contribution in [0.3, 0.4) is 0 Å². The Hall–Kier alpha value is -1.55. The predicted molar refractivity (Wildman–Crippen MR) is 66.2 cm³/mol. The van der Waals surface area contributed by atoms with Gasteiger partial charge in [0, 0.05) is 32.1 Å². The van der Waals surface area contributed by atoms with Crippen LogP contribution in [0.2, 0.25) is 0 Å². The van der Waals surface area contributed by atoms with E-state index in [1.54, 1.807) is 19.0 Å². The maximum absolute atomic E-state index is 11.4. The lowest BCUT2D eigenvalue weighted by Gasteiger charge is -2.13. The molecule has 0 aromatic heterocycles. The average molecular weight is 234 g/mol. The van der Waals surface area contributed by atoms with E-state index in [2.05, 4.69) is 11.4 Å². The molecule has 0 radical (unpaired) electrons. The van der Waals surface area contributed by atoms with Gasteiger partial charge in [-0.1, -0.05) is 18.2 Å². The minimum atomic E-state index is 0.0946. The standard InChI is InChI=1S/C13H18N2O2/c1-15(2)13(16)8-14-7-10-9-17-12-6-4-3-5-11(10)12/h3-6,10,14H,7-9H2,1-2H3. The highest BCUT2D eigenvalue weighted by molar-refractivity contribution is 5.77. The summed E-state index contributed by atoms with van der Waals surface area (Å²) >= 11 is 0. The normalized spacial score (nSPS) is 17.4. The summed E-state index contributed by atoms with van der Waals surface area (Å²) in [5, 5.41) is 3.18. The summed E-state index contributed by atoms with van der Waals surface area (Å²) in [6.07, 6.45) is 0. The molecule has 0 saturated heterocycles. The smallest absolute Gasteiger partial charge is 0.236 e. The first-order valence-corrected chi connectivity index (χ1v) is 5.81. The lowest BCUT2D eigenvalue weighted by molar-refractivity contribution is -0.127. The zero-order valence-corrected chi connectivity index (χ0v) is 10.3. The van der Waals surface area contributed by atoms with E-state index in [1.807, 2.05) is 18.2 Å². The molecule has 0 fully saturated rings. The van der Waals surface area contributed by atoms with Crippen molar-refractivity contribution in [3.05, 3.63) is 29.8 Å². The first kappa shape index (κ1) is 11.9. The molecule has 1 aromatic carbocycles. The Morgan fingerprint density at radius 3 is 3.00 bits per heavy atom. The third-order valence-corrected chi connectivity index (χ3v) is 2.96. The number of nitrogens with one attached hydrogen (secondary N) is 1. The molecule has 1 unspecified atom stereocenters. The molecule has 1 aromatic rings. The van der Waals surface area contributed by atoms with E-state index in [4.69, 9.17) is 4.74 Å². The second-order valence-corrected chi connectivity index (χ2v) is 4.46. The molecule has 0 bridgehead atoms. The van der Waals surface area contributed by atoms with Crippen molar-refractivity contribution in [2.75, 3.05) is 33.8 Å². The molecule has 2 rings (SSSR count). The van der Waals surface area contributed by atoms with Gasteiger partial charge in [-0.05, 0) is 6.07 Å². The molecule has 1 heterocycles. The van der Waals surface area contributed by atoms with E-state index in [1.165, 1.54) is 5.56 Å². The molecule has 1 N–H and O–H groups in total. The highest BCUT2D eigenvalue weighted by Gasteiger charge is 2.23. The molecule has 92 valence electrons. The minimum Gasteiger partial charge on any atom is -0.493 e. The fourth-order valence-corrected chi connectivity index (χ4v) is 1.91. The molecule has 17 heavy (non-hydrogen) atoms. The summed E-state index contributed by atoms with van der Waals surface area (Å²) in [4.78, 5) is 13.0. The van der Waals surface area contributed by atoms with Gasteiger partial charge in [-0.25, -0.2) is 0 Å². The SMILES string of the molecule is CN(C)C(=O)CNCC1COc2ccccc21. The lowest BCUT2D eigenvalue weighted by atomic mass is 10.0. The Kier molecular flexibility index (Phi) is 3.64. The minimum absolute atomic E-state index is 0.0946. The van der Waals surface area contributed by atoms with Gasteiger partial charge in [0.05, 0.1) is 13.2 Å². The van der Waals surface area contributed by atoms with Crippen molar-refractivity contribution in [3.63, 3.8) is 0 Å². The summed E-state index contributed by atoms with van der Waals surface area (Å²) in [5.74, 6) is 1.41. The highest BCUT2D eigenvalue weighted by atomic mass is 16.5. The van der Waals surface area contributed by atoms with Crippen molar-refractivity contribution in [3.8, 4) is 5.75 Å². The molecular formula is C13H18N2O2. The fourth-order valence-electron chi connectivity index (χ4n) is 1.91. The van der Waals surface area contributed by atoms with Gasteiger partial charge in [-0.15, -0.1) is 0 Å². The van der Waals surface area contributed by atoms with E-state index in [-0.39, 0.29) is 5.91 Å². The van der Waals surface area contributed by atoms with Crippen molar-refractivity contribution in [2.45, 2.75) is 5.92 Å². The maximum Gasteiger partial charge on any atom is 0.236 e. The lowest BCUT2D eigenvalue weighted by Crippen LogP contribution is -2.35. The molecular weight excluding hydrogens is 216 g/mol. The topological polar surface area (TPSA) is 41.6 Å². The number of rotatable bonds is 4. The number of amides is 1. The number of para-hydroxylation sites is 1. The first-order chi connectivity index (χ1) is 8.18. The number of benzene rings is 1. The van der Waals surface area contributed by atoms with E-state index in [9.17, 15) is 4.79 Å². The van der Waals surface area contributed by atoms with Crippen LogP contribution in [0, 0.1) is 0 Å². The van der Waals surface area contributed by atoms with Gasteiger partial charge in [0.2, 0.25) is 5.91 Å². The van der Waals surface area contributed by atoms with Gasteiger partial charge < -0.3 is 15.0 Å². The van der Waals surface area contributed by atoms with E-state index in [0.717, 1.165) is 12.3 Å². The highest BCUT2D eigenvalue weighted by Crippen LogP contribution is 2.32. The fraction of sp³-hybridized carbons (Fsp3) is 0.462. The molecule has 1 amide bonds. The largest absolute Gasteiger partial charge is 0.493 e. The third kappa shape index (κ3) is 2.77. The third-order valence-electron chi connectivity index (χ3n) is 2.96. The van der Waals surface area contributed by atoms with Crippen LogP contribution in [-0.2, 0) is 4.79 Å². The molecule has 1 aliphatic heterocycles. The van der Waals surface area contributed by atoms with Crippen LogP contribution in [-0.4, -0.2) is 44.6 Å². The van der Waals surface area contributed by atoms with Crippen LogP contribution in [0.4, 0.5) is 0 Å². The Balaban J connectivity index is 1.84. The van der Waals surface area contributed by atoms with Crippen LogP contribution in [0.1, 0.15) is 11.5 Å². The number of hydrogen-bond acceptors (Lipinski definition) is 3. The van der Waals surface area contributed by atoms with E-state index >= 15 is 0 Å². The molecule has 4 nitrogen and oxygen atoms in total. The Morgan fingerprint density at radius 2 is 2.24 bits per heavy atom. The van der Waals surface area contributed by atoms with E-state index in [0.29, 0.717) is 19.1 Å². The summed E-state index contributed by atoms with van der Waals surface area (Å²) < 4.78 is 5.58. The predicted octanol–water partition coefficient (Wildman–Crippen LogP) is 0.840. The van der Waals surface area contributed by atoms with Gasteiger partial charge in [-0.3, -0.25) is 4.79 Å². The van der Waals surface area contributed by atoms with Crippen molar-refractivity contribution in [2.24, 2.45) is 0 Å². The number of nitrogens with zero attached hydrogens (tertiary/aromatic N) is 1. The van der Waals surface area contributed by atoms with Crippen LogP contribution in [0.5, 0.6) is 5.75 Å². The number of carbonyl (C=O) groups is 1. The monoisotopic (exact) mass is 234 g/mol. The second-order valence-electron chi connectivity index (χ2n) is 4.46. The summed E-state index contributed by atoms with van der Waals surface area (Å²) in [7, 11) is 3.52. The Morgan fingerprint density at radius 1 is 1.47 bits per heavy atom. The molecule has 4 heteroatoms. The second kappa shape index (κ2) is 5.19. The molecule has 1 atom stereocenters. The number of ether oxygens (including phenoxy) is 1. The maximum atomic E-state index is 11.4. The number of hydrogen-bond donors (Lipinski definition) is 1. The summed E-state index contributed by atoms with van der Waals surface area (Å²) in [5.41, 5.74) is 1.23. The zero-order chi connectivity index (χ0) is 12.3. The zero-order valence-electron chi connectivity index (χ0n) is 10.3. The number of fused-ring (bicyclic) bond motifs is 1. The number of likely N-dealkylation sites (N-methyl/N-ethyl adjacent to an activating group) is 1. The van der Waals surface area contributed by atoms with Crippen LogP contribution >= 0.6 is 0 Å². The molecule has 0 spiro atoms. The van der Waals surface area contributed by atoms with Gasteiger partial charge in [-0.2, -0.15) is 0 Å². The van der Waals surface area contributed by atoms with Gasteiger partial charge >= 0.3 is 0 Å². The van der Waals surface area contributed by atoms with Crippen LogP contribution < -0.4 is 10.1 Å². The first-order valence-electron chi connectivity index (χ1n) is 5.81. The van der Waals surface area contributed by atoms with Crippen LogP contribution in [0.25, 0.3) is 0 Å². The summed E-state index contributed by atoms with van der Waals surface area (Å²) in [6, 6.07) is 8.07. The van der Waals surface area contributed by atoms with Crippen molar-refractivity contribution in [1.29, 1.82) is 0 Å². The van der Waals surface area contributed by atoms with E-state index < -0.39 is 0 Å². The average Bonchev–Trinajstić information content (AvgIpc) is 2.72. The van der Waals surface area contributed by atoms with Crippen LogP contribution in [0.15, 0.2) is 24.3 Å². The van der Waals surface area contributed by atoms with Crippen molar-refractivity contribution >= 4 is 5.91 Å².